The number of aromatic nitrogens is 5. The van der Waals surface area contributed by atoms with Crippen molar-refractivity contribution in [3.05, 3.63) is 72.4 Å². The Labute approximate surface area is 150 Å². The lowest BCUT2D eigenvalue weighted by Crippen LogP contribution is -2.26. The SMILES string of the molecule is CN(Cc1cccc(-n2cccn2)c1)C(=O)c1cnc2c(c1)ncn2C. The second-order valence-electron chi connectivity index (χ2n) is 6.20. The van der Waals surface area contributed by atoms with Gasteiger partial charge in [0.25, 0.3) is 5.91 Å². The second-order valence-corrected chi connectivity index (χ2v) is 6.20. The maximum Gasteiger partial charge on any atom is 0.255 e. The fourth-order valence-electron chi connectivity index (χ4n) is 2.92. The molecule has 0 saturated carbocycles. The number of amides is 1. The van der Waals surface area contributed by atoms with Crippen LogP contribution in [0.25, 0.3) is 16.9 Å². The Morgan fingerprint density at radius 3 is 2.88 bits per heavy atom. The second kappa shape index (κ2) is 6.44. The largest absolute Gasteiger partial charge is 0.337 e. The Balaban J connectivity index is 1.54. The minimum Gasteiger partial charge on any atom is -0.337 e. The van der Waals surface area contributed by atoms with Gasteiger partial charge >= 0.3 is 0 Å². The number of fused-ring (bicyclic) bond motifs is 1. The van der Waals surface area contributed by atoms with Gasteiger partial charge in [-0.05, 0) is 29.8 Å². The van der Waals surface area contributed by atoms with E-state index in [1.54, 1.807) is 41.4 Å². The van der Waals surface area contributed by atoms with E-state index in [1.165, 1.54) is 0 Å². The van der Waals surface area contributed by atoms with Crippen LogP contribution >= 0.6 is 0 Å². The van der Waals surface area contributed by atoms with Gasteiger partial charge in [-0.3, -0.25) is 4.79 Å². The summed E-state index contributed by atoms with van der Waals surface area (Å²) in [5, 5.41) is 4.24. The molecule has 0 N–H and O–H groups in total. The van der Waals surface area contributed by atoms with Gasteiger partial charge in [0, 0.05) is 39.2 Å². The molecule has 0 aliphatic heterocycles. The average molecular weight is 346 g/mol. The molecule has 3 heterocycles. The normalized spacial score (nSPS) is 11.0. The summed E-state index contributed by atoms with van der Waals surface area (Å²) in [6, 6.07) is 11.6. The Morgan fingerprint density at radius 2 is 2.08 bits per heavy atom. The predicted octanol–water partition coefficient (Wildman–Crippen LogP) is 2.43. The van der Waals surface area contributed by atoms with E-state index in [0.717, 1.165) is 16.9 Å². The third-order valence-electron chi connectivity index (χ3n) is 4.24. The minimum absolute atomic E-state index is 0.0884. The van der Waals surface area contributed by atoms with Gasteiger partial charge in [-0.25, -0.2) is 14.6 Å². The van der Waals surface area contributed by atoms with Crippen LogP contribution in [0.1, 0.15) is 15.9 Å². The van der Waals surface area contributed by atoms with Crippen molar-refractivity contribution in [1.29, 1.82) is 0 Å². The fraction of sp³-hybridized carbons (Fsp3) is 0.158. The smallest absolute Gasteiger partial charge is 0.255 e. The number of pyridine rings is 1. The van der Waals surface area contributed by atoms with E-state index >= 15 is 0 Å². The van der Waals surface area contributed by atoms with Crippen molar-refractivity contribution < 1.29 is 4.79 Å². The van der Waals surface area contributed by atoms with E-state index in [1.807, 2.05) is 48.1 Å². The van der Waals surface area contributed by atoms with E-state index < -0.39 is 0 Å². The summed E-state index contributed by atoms with van der Waals surface area (Å²) in [5.74, 6) is -0.0884. The standard InChI is InChI=1S/C19H18N6O/c1-23(12-14-5-3-6-16(9-14)25-8-4-7-22-25)19(26)15-10-17-18(20-11-15)24(2)13-21-17/h3-11,13H,12H2,1-2H3. The first-order valence-electron chi connectivity index (χ1n) is 8.23. The zero-order valence-corrected chi connectivity index (χ0v) is 14.6. The van der Waals surface area contributed by atoms with Crippen molar-refractivity contribution in [2.24, 2.45) is 7.05 Å². The Morgan fingerprint density at radius 1 is 1.19 bits per heavy atom. The van der Waals surface area contributed by atoms with Crippen LogP contribution in [0.5, 0.6) is 0 Å². The molecule has 1 aromatic carbocycles. The molecular weight excluding hydrogens is 328 g/mol. The maximum absolute atomic E-state index is 12.7. The van der Waals surface area contributed by atoms with Crippen LogP contribution in [-0.2, 0) is 13.6 Å². The number of hydrogen-bond donors (Lipinski definition) is 0. The third-order valence-corrected chi connectivity index (χ3v) is 4.24. The molecule has 130 valence electrons. The molecule has 0 fully saturated rings. The zero-order chi connectivity index (χ0) is 18.1. The van der Waals surface area contributed by atoms with Crippen LogP contribution in [0, 0.1) is 0 Å². The lowest BCUT2D eigenvalue weighted by Gasteiger charge is -2.17. The van der Waals surface area contributed by atoms with Gasteiger partial charge in [0.1, 0.15) is 5.52 Å². The molecule has 0 atom stereocenters. The summed E-state index contributed by atoms with van der Waals surface area (Å²) >= 11 is 0. The molecule has 0 aliphatic rings. The topological polar surface area (TPSA) is 68.8 Å². The highest BCUT2D eigenvalue weighted by Crippen LogP contribution is 2.15. The third kappa shape index (κ3) is 2.95. The number of benzene rings is 1. The number of imidazole rings is 1. The summed E-state index contributed by atoms with van der Waals surface area (Å²) in [6.45, 7) is 0.494. The molecule has 4 aromatic rings. The van der Waals surface area contributed by atoms with Crippen molar-refractivity contribution in [2.45, 2.75) is 6.54 Å². The van der Waals surface area contributed by atoms with Crippen LogP contribution < -0.4 is 0 Å². The summed E-state index contributed by atoms with van der Waals surface area (Å²) in [6.07, 6.45) is 6.92. The van der Waals surface area contributed by atoms with Gasteiger partial charge in [0.15, 0.2) is 5.65 Å². The van der Waals surface area contributed by atoms with E-state index in [9.17, 15) is 4.79 Å². The van der Waals surface area contributed by atoms with Crippen LogP contribution in [0.4, 0.5) is 0 Å². The monoisotopic (exact) mass is 346 g/mol. The molecule has 0 saturated heterocycles. The molecule has 0 aliphatic carbocycles. The van der Waals surface area contributed by atoms with Gasteiger partial charge in [-0.2, -0.15) is 5.10 Å². The summed E-state index contributed by atoms with van der Waals surface area (Å²) in [4.78, 5) is 23.0. The lowest BCUT2D eigenvalue weighted by molar-refractivity contribution is 0.0785. The van der Waals surface area contributed by atoms with Gasteiger partial charge in [0.05, 0.1) is 17.6 Å². The average Bonchev–Trinajstić information content (AvgIpc) is 3.31. The fourth-order valence-corrected chi connectivity index (χ4v) is 2.92. The molecule has 1 amide bonds. The van der Waals surface area contributed by atoms with E-state index in [2.05, 4.69) is 15.1 Å². The first kappa shape index (κ1) is 16.0. The summed E-state index contributed by atoms with van der Waals surface area (Å²) in [7, 11) is 3.66. The minimum atomic E-state index is -0.0884. The molecule has 0 radical (unpaired) electrons. The van der Waals surface area contributed by atoms with Crippen molar-refractivity contribution in [1.82, 2.24) is 29.2 Å². The number of aryl methyl sites for hydroxylation is 1. The zero-order valence-electron chi connectivity index (χ0n) is 14.6. The molecule has 7 heteroatoms. The van der Waals surface area contributed by atoms with Crippen LogP contribution in [0.3, 0.4) is 0 Å². The lowest BCUT2D eigenvalue weighted by atomic mass is 10.1. The maximum atomic E-state index is 12.7. The number of nitrogens with zero attached hydrogens (tertiary/aromatic N) is 6. The molecule has 4 rings (SSSR count). The van der Waals surface area contributed by atoms with Crippen LogP contribution in [-0.4, -0.2) is 42.2 Å². The summed E-state index contributed by atoms with van der Waals surface area (Å²) < 4.78 is 3.62. The van der Waals surface area contributed by atoms with Crippen LogP contribution in [0.2, 0.25) is 0 Å². The van der Waals surface area contributed by atoms with Gasteiger partial charge in [0.2, 0.25) is 0 Å². The van der Waals surface area contributed by atoms with E-state index in [0.29, 0.717) is 17.6 Å². The molecule has 0 spiro atoms. The molecular formula is C19H18N6O. The summed E-state index contributed by atoms with van der Waals surface area (Å²) in [5.41, 5.74) is 4.00. The van der Waals surface area contributed by atoms with Gasteiger partial charge < -0.3 is 9.47 Å². The van der Waals surface area contributed by atoms with E-state index in [-0.39, 0.29) is 5.91 Å². The highest BCUT2D eigenvalue weighted by molar-refractivity contribution is 5.96. The van der Waals surface area contributed by atoms with Crippen molar-refractivity contribution in [3.63, 3.8) is 0 Å². The Bertz CT molecular complexity index is 1070. The Hall–Kier alpha value is -3.48. The molecule has 7 nitrogen and oxygen atoms in total. The predicted molar refractivity (Wildman–Crippen MR) is 97.9 cm³/mol. The van der Waals surface area contributed by atoms with Crippen molar-refractivity contribution >= 4 is 17.1 Å². The van der Waals surface area contributed by atoms with Crippen LogP contribution in [0.15, 0.2) is 61.3 Å². The quantitative estimate of drug-likeness (QED) is 0.569. The number of carbonyl (C=O) groups is 1. The first-order valence-corrected chi connectivity index (χ1v) is 8.23. The molecule has 26 heavy (non-hydrogen) atoms. The molecule has 0 unspecified atom stereocenters. The number of hydrogen-bond acceptors (Lipinski definition) is 4. The number of rotatable bonds is 4. The molecule has 3 aromatic heterocycles. The Kier molecular flexibility index (Phi) is 3.96. The van der Waals surface area contributed by atoms with E-state index in [4.69, 9.17) is 0 Å². The molecule has 0 bridgehead atoms. The van der Waals surface area contributed by atoms with Crippen molar-refractivity contribution in [3.8, 4) is 5.69 Å². The van der Waals surface area contributed by atoms with Gasteiger partial charge in [-0.1, -0.05) is 12.1 Å². The number of carbonyl (C=O) groups excluding carboxylic acids is 1. The van der Waals surface area contributed by atoms with Crippen molar-refractivity contribution in [2.75, 3.05) is 7.05 Å². The highest BCUT2D eigenvalue weighted by atomic mass is 16.2. The highest BCUT2D eigenvalue weighted by Gasteiger charge is 2.14. The van der Waals surface area contributed by atoms with Gasteiger partial charge in [-0.15, -0.1) is 0 Å². The first-order chi connectivity index (χ1) is 12.6.